The van der Waals surface area contributed by atoms with Gasteiger partial charge in [0.25, 0.3) is 0 Å². The number of para-hydroxylation sites is 2. The van der Waals surface area contributed by atoms with E-state index < -0.39 is 5.41 Å². The number of fused-ring (bicyclic) bond motifs is 7. The molecule has 314 valence electrons. The second-order valence-electron chi connectivity index (χ2n) is 17.6. The minimum Gasteiger partial charge on any atom is -0.455 e. The number of anilines is 3. The van der Waals surface area contributed by atoms with E-state index >= 15 is 0 Å². The summed E-state index contributed by atoms with van der Waals surface area (Å²) in [5.41, 5.74) is 19.2. The molecule has 0 unspecified atom stereocenters. The van der Waals surface area contributed by atoms with E-state index in [0.717, 1.165) is 61.3 Å². The molecule has 0 bridgehead atoms. The first-order chi connectivity index (χ1) is 33.2. The van der Waals surface area contributed by atoms with Crippen LogP contribution in [0, 0.1) is 0 Å². The van der Waals surface area contributed by atoms with Crippen molar-refractivity contribution in [3.05, 3.63) is 283 Å². The van der Waals surface area contributed by atoms with Crippen LogP contribution in [0.15, 0.2) is 265 Å². The molecule has 2 nitrogen and oxygen atoms in total. The van der Waals surface area contributed by atoms with Gasteiger partial charge in [-0.3, -0.25) is 0 Å². The van der Waals surface area contributed by atoms with E-state index in [1.165, 1.54) is 55.3 Å². The molecular weight excluding hydrogens is 811 g/mol. The van der Waals surface area contributed by atoms with Gasteiger partial charge in [-0.05, 0) is 127 Å². The normalized spacial score (nSPS) is 12.6. The maximum Gasteiger partial charge on any atom is 0.143 e. The number of hydrogen-bond acceptors (Lipinski definition) is 2. The summed E-state index contributed by atoms with van der Waals surface area (Å²) >= 11 is 0. The number of hydrogen-bond donors (Lipinski definition) is 0. The highest BCUT2D eigenvalue weighted by Crippen LogP contribution is 2.56. The van der Waals surface area contributed by atoms with E-state index in [4.69, 9.17) is 4.42 Å². The summed E-state index contributed by atoms with van der Waals surface area (Å²) < 4.78 is 6.47. The Bertz CT molecular complexity index is 3750. The van der Waals surface area contributed by atoms with Crippen molar-refractivity contribution in [3.63, 3.8) is 0 Å². The van der Waals surface area contributed by atoms with Gasteiger partial charge in [-0.2, -0.15) is 0 Å². The van der Waals surface area contributed by atoms with Gasteiger partial charge in [-0.25, -0.2) is 0 Å². The van der Waals surface area contributed by atoms with Crippen LogP contribution < -0.4 is 4.90 Å². The highest BCUT2D eigenvalue weighted by atomic mass is 16.3. The molecule has 0 amide bonds. The number of benzene rings is 11. The molecule has 0 N–H and O–H groups in total. The average Bonchev–Trinajstić information content (AvgIpc) is 3.93. The molecule has 1 aliphatic carbocycles. The Labute approximate surface area is 390 Å². The largest absolute Gasteiger partial charge is 0.455 e. The highest BCUT2D eigenvalue weighted by Gasteiger charge is 2.46. The van der Waals surface area contributed by atoms with Crippen LogP contribution in [0.25, 0.3) is 77.2 Å². The molecule has 1 heterocycles. The minimum atomic E-state index is -0.459. The van der Waals surface area contributed by atoms with E-state index in [0.29, 0.717) is 0 Å². The second-order valence-corrected chi connectivity index (χ2v) is 17.6. The van der Waals surface area contributed by atoms with Gasteiger partial charge in [0.1, 0.15) is 11.2 Å². The third kappa shape index (κ3) is 6.33. The van der Waals surface area contributed by atoms with Crippen LogP contribution in [-0.2, 0) is 5.41 Å². The zero-order valence-electron chi connectivity index (χ0n) is 36.7. The van der Waals surface area contributed by atoms with Gasteiger partial charge in [0.15, 0.2) is 0 Å². The van der Waals surface area contributed by atoms with Gasteiger partial charge in [-0.1, -0.05) is 206 Å². The SMILES string of the molecule is c1ccc(C2(c3ccccc3)c3ccccc3-c3ccc(-c4ccc(N(c5ccc(-c6cccc7c6oc6ccccc67)cc5)c5cccc(-c6ccc7ccccc7c6)c5)cc4)cc32)cc1. The lowest BCUT2D eigenvalue weighted by Gasteiger charge is -2.34. The molecule has 0 atom stereocenters. The lowest BCUT2D eigenvalue weighted by molar-refractivity contribution is 0.670. The molecule has 0 fully saturated rings. The molecule has 13 rings (SSSR count). The molecule has 0 saturated heterocycles. The topological polar surface area (TPSA) is 16.4 Å². The molecule has 0 aliphatic heterocycles. The number of rotatable bonds is 8. The van der Waals surface area contributed by atoms with Crippen molar-refractivity contribution in [2.45, 2.75) is 5.41 Å². The Balaban J connectivity index is 0.924. The maximum atomic E-state index is 6.47. The van der Waals surface area contributed by atoms with Crippen molar-refractivity contribution in [2.75, 3.05) is 4.90 Å². The van der Waals surface area contributed by atoms with Gasteiger partial charge in [0.05, 0.1) is 5.41 Å². The Morgan fingerprint density at radius 3 is 1.63 bits per heavy atom. The molecule has 2 heteroatoms. The van der Waals surface area contributed by atoms with Crippen molar-refractivity contribution in [3.8, 4) is 44.5 Å². The predicted molar refractivity (Wildman–Crippen MR) is 280 cm³/mol. The Hall–Kier alpha value is -8.72. The zero-order chi connectivity index (χ0) is 44.3. The molecule has 12 aromatic rings. The summed E-state index contributed by atoms with van der Waals surface area (Å²) in [6, 6.07) is 95.0. The monoisotopic (exact) mass is 853 g/mol. The van der Waals surface area contributed by atoms with E-state index in [9.17, 15) is 0 Å². The first-order valence-electron chi connectivity index (χ1n) is 23.1. The molecule has 1 aliphatic rings. The Morgan fingerprint density at radius 1 is 0.299 bits per heavy atom. The molecule has 11 aromatic carbocycles. The lowest BCUT2D eigenvalue weighted by atomic mass is 9.67. The molecule has 67 heavy (non-hydrogen) atoms. The fourth-order valence-electron chi connectivity index (χ4n) is 10.8. The van der Waals surface area contributed by atoms with E-state index in [1.807, 2.05) is 12.1 Å². The standard InChI is InChI=1S/C65H43NO/c1-3-18-51(19-4-1)65(52-20-5-2-6-21-52)61-27-11-9-23-57(61)58-40-35-50(43-62(58)65)45-31-36-53(37-32-45)66(55-22-13-17-48(42-55)49-30-29-44-15-7-8-16-47(44)41-49)54-38-33-46(34-39-54)56-25-14-26-60-59-24-10-12-28-63(59)67-64(56)60/h1-43H. The van der Waals surface area contributed by atoms with Crippen molar-refractivity contribution in [1.29, 1.82) is 0 Å². The summed E-state index contributed by atoms with van der Waals surface area (Å²) in [6.45, 7) is 0. The molecule has 0 radical (unpaired) electrons. The van der Waals surface area contributed by atoms with Crippen LogP contribution in [0.2, 0.25) is 0 Å². The zero-order valence-corrected chi connectivity index (χ0v) is 36.7. The molecule has 0 spiro atoms. The van der Waals surface area contributed by atoms with E-state index in [-0.39, 0.29) is 0 Å². The van der Waals surface area contributed by atoms with Crippen molar-refractivity contribution < 1.29 is 4.42 Å². The number of furan rings is 1. The molecule has 1 aromatic heterocycles. The fourth-order valence-corrected chi connectivity index (χ4v) is 10.8. The third-order valence-electron chi connectivity index (χ3n) is 13.9. The maximum absolute atomic E-state index is 6.47. The van der Waals surface area contributed by atoms with Crippen LogP contribution in [0.5, 0.6) is 0 Å². The summed E-state index contributed by atoms with van der Waals surface area (Å²) in [4.78, 5) is 2.37. The summed E-state index contributed by atoms with van der Waals surface area (Å²) in [7, 11) is 0. The predicted octanol–water partition coefficient (Wildman–Crippen LogP) is 17.6. The van der Waals surface area contributed by atoms with Crippen LogP contribution >= 0.6 is 0 Å². The van der Waals surface area contributed by atoms with Gasteiger partial charge >= 0.3 is 0 Å². The second kappa shape index (κ2) is 15.8. The first kappa shape index (κ1) is 38.7. The fraction of sp³-hybridized carbons (Fsp3) is 0.0154. The summed E-state index contributed by atoms with van der Waals surface area (Å²) in [6.07, 6.45) is 0. The van der Waals surface area contributed by atoms with E-state index in [2.05, 4.69) is 254 Å². The third-order valence-corrected chi connectivity index (χ3v) is 13.9. The lowest BCUT2D eigenvalue weighted by Crippen LogP contribution is -2.28. The Morgan fingerprint density at radius 2 is 0.851 bits per heavy atom. The summed E-state index contributed by atoms with van der Waals surface area (Å²) in [5.74, 6) is 0. The molecule has 0 saturated carbocycles. The summed E-state index contributed by atoms with van der Waals surface area (Å²) in [5, 5.41) is 4.73. The minimum absolute atomic E-state index is 0.459. The van der Waals surface area contributed by atoms with Crippen LogP contribution in [0.1, 0.15) is 22.3 Å². The van der Waals surface area contributed by atoms with Crippen LogP contribution in [0.4, 0.5) is 17.1 Å². The van der Waals surface area contributed by atoms with Gasteiger partial charge in [-0.15, -0.1) is 0 Å². The number of nitrogens with zero attached hydrogens (tertiary/aromatic N) is 1. The van der Waals surface area contributed by atoms with Crippen molar-refractivity contribution in [2.24, 2.45) is 0 Å². The van der Waals surface area contributed by atoms with Gasteiger partial charge in [0.2, 0.25) is 0 Å². The first-order valence-corrected chi connectivity index (χ1v) is 23.1. The van der Waals surface area contributed by atoms with Crippen LogP contribution in [0.3, 0.4) is 0 Å². The molecular formula is C65H43NO. The van der Waals surface area contributed by atoms with Gasteiger partial charge < -0.3 is 9.32 Å². The Kier molecular flexibility index (Phi) is 9.11. The van der Waals surface area contributed by atoms with E-state index in [1.54, 1.807) is 0 Å². The van der Waals surface area contributed by atoms with Crippen LogP contribution in [-0.4, -0.2) is 0 Å². The van der Waals surface area contributed by atoms with Crippen molar-refractivity contribution >= 4 is 49.8 Å². The highest BCUT2D eigenvalue weighted by molar-refractivity contribution is 6.09. The smallest absolute Gasteiger partial charge is 0.143 e. The quantitative estimate of drug-likeness (QED) is 0.151. The van der Waals surface area contributed by atoms with Crippen molar-refractivity contribution in [1.82, 2.24) is 0 Å². The van der Waals surface area contributed by atoms with Gasteiger partial charge in [0, 0.05) is 33.4 Å². The average molecular weight is 854 g/mol.